The monoisotopic (exact) mass is 266 g/mol. The van der Waals surface area contributed by atoms with Crippen molar-refractivity contribution in [2.24, 2.45) is 5.92 Å². The van der Waals surface area contributed by atoms with E-state index in [9.17, 15) is 0 Å². The largest absolute Gasteiger partial charge is 0.378 e. The molecule has 0 aromatic heterocycles. The molecule has 0 spiro atoms. The van der Waals surface area contributed by atoms with Gasteiger partial charge in [0, 0.05) is 6.61 Å². The summed E-state index contributed by atoms with van der Waals surface area (Å²) < 4.78 is 5.83. The first-order chi connectivity index (χ1) is 9.24. The van der Waals surface area contributed by atoms with E-state index in [1.165, 1.54) is 51.4 Å². The lowest BCUT2D eigenvalue weighted by atomic mass is 10.1. The van der Waals surface area contributed by atoms with Crippen LogP contribution in [0.15, 0.2) is 25.3 Å². The zero-order chi connectivity index (χ0) is 14.3. The summed E-state index contributed by atoms with van der Waals surface area (Å²) in [4.78, 5) is 0. The molecule has 0 saturated carbocycles. The van der Waals surface area contributed by atoms with Crippen molar-refractivity contribution >= 4 is 0 Å². The number of hydrogen-bond donors (Lipinski definition) is 0. The molecule has 0 bridgehead atoms. The van der Waals surface area contributed by atoms with Gasteiger partial charge in [-0.15, -0.1) is 13.2 Å². The standard InChI is InChI=1S/C18H34O/c1-5-8-9-10-11-12-13-14-17(4)19-16-15-18(6-2)7-3/h6-7,17-18H,2-3,5,8-16H2,1,4H3. The molecule has 0 rings (SSSR count). The van der Waals surface area contributed by atoms with Gasteiger partial charge in [-0.3, -0.25) is 0 Å². The summed E-state index contributed by atoms with van der Waals surface area (Å²) >= 11 is 0. The molecule has 0 saturated heterocycles. The molecule has 1 unspecified atom stereocenters. The Balaban J connectivity index is 3.32. The normalized spacial score (nSPS) is 12.6. The number of hydrogen-bond acceptors (Lipinski definition) is 1. The van der Waals surface area contributed by atoms with Gasteiger partial charge in [0.1, 0.15) is 0 Å². The highest BCUT2D eigenvalue weighted by Crippen LogP contribution is 2.12. The summed E-state index contributed by atoms with van der Waals surface area (Å²) in [5.41, 5.74) is 0. The van der Waals surface area contributed by atoms with Crippen molar-refractivity contribution < 1.29 is 4.74 Å². The number of unbranched alkanes of at least 4 members (excludes halogenated alkanes) is 6. The maximum Gasteiger partial charge on any atom is 0.0547 e. The molecule has 0 aliphatic heterocycles. The van der Waals surface area contributed by atoms with Crippen LogP contribution in [0.3, 0.4) is 0 Å². The predicted octanol–water partition coefficient (Wildman–Crippen LogP) is 5.91. The first kappa shape index (κ1) is 18.4. The van der Waals surface area contributed by atoms with E-state index < -0.39 is 0 Å². The van der Waals surface area contributed by atoms with Crippen molar-refractivity contribution in [2.45, 2.75) is 77.7 Å². The second-order valence-electron chi connectivity index (χ2n) is 5.52. The topological polar surface area (TPSA) is 9.23 Å². The van der Waals surface area contributed by atoms with Crippen LogP contribution in [0.4, 0.5) is 0 Å². The zero-order valence-corrected chi connectivity index (χ0v) is 13.2. The van der Waals surface area contributed by atoms with Crippen molar-refractivity contribution in [3.05, 3.63) is 25.3 Å². The Hall–Kier alpha value is -0.560. The molecule has 0 aliphatic carbocycles. The first-order valence-corrected chi connectivity index (χ1v) is 8.11. The van der Waals surface area contributed by atoms with E-state index in [0.29, 0.717) is 12.0 Å². The van der Waals surface area contributed by atoms with Crippen LogP contribution < -0.4 is 0 Å². The Labute approximate surface area is 121 Å². The van der Waals surface area contributed by atoms with Crippen molar-refractivity contribution in [1.29, 1.82) is 0 Å². The average molecular weight is 266 g/mol. The maximum absolute atomic E-state index is 5.83. The van der Waals surface area contributed by atoms with Gasteiger partial charge in [-0.2, -0.15) is 0 Å². The van der Waals surface area contributed by atoms with Gasteiger partial charge in [0.25, 0.3) is 0 Å². The highest BCUT2D eigenvalue weighted by atomic mass is 16.5. The van der Waals surface area contributed by atoms with E-state index in [2.05, 4.69) is 27.0 Å². The highest BCUT2D eigenvalue weighted by molar-refractivity contribution is 4.91. The Morgan fingerprint density at radius 2 is 1.47 bits per heavy atom. The van der Waals surface area contributed by atoms with Crippen molar-refractivity contribution in [2.75, 3.05) is 6.61 Å². The van der Waals surface area contributed by atoms with Crippen LogP contribution in [0.25, 0.3) is 0 Å². The van der Waals surface area contributed by atoms with Crippen LogP contribution in [-0.2, 0) is 4.74 Å². The van der Waals surface area contributed by atoms with Crippen LogP contribution in [0.1, 0.15) is 71.6 Å². The van der Waals surface area contributed by atoms with Gasteiger partial charge in [-0.1, -0.05) is 64.0 Å². The second kappa shape index (κ2) is 13.9. The van der Waals surface area contributed by atoms with Gasteiger partial charge >= 0.3 is 0 Å². The molecule has 0 amide bonds. The van der Waals surface area contributed by atoms with E-state index in [1.54, 1.807) is 0 Å². The molecule has 0 aliphatic rings. The summed E-state index contributed by atoms with van der Waals surface area (Å²) in [5, 5.41) is 0. The summed E-state index contributed by atoms with van der Waals surface area (Å²) in [6.07, 6.45) is 16.1. The summed E-state index contributed by atoms with van der Waals surface area (Å²) in [6.45, 7) is 12.9. The molecular weight excluding hydrogens is 232 g/mol. The summed E-state index contributed by atoms with van der Waals surface area (Å²) in [5.74, 6) is 0.394. The van der Waals surface area contributed by atoms with Gasteiger partial charge in [-0.25, -0.2) is 0 Å². The number of rotatable bonds is 14. The quantitative estimate of drug-likeness (QED) is 0.280. The summed E-state index contributed by atoms with van der Waals surface area (Å²) in [6, 6.07) is 0. The van der Waals surface area contributed by atoms with Gasteiger partial charge in [-0.05, 0) is 25.7 Å². The molecule has 112 valence electrons. The zero-order valence-electron chi connectivity index (χ0n) is 13.2. The fraction of sp³-hybridized carbons (Fsp3) is 0.778. The summed E-state index contributed by atoms with van der Waals surface area (Å²) in [7, 11) is 0. The Bertz CT molecular complexity index is 202. The molecule has 19 heavy (non-hydrogen) atoms. The molecule has 0 radical (unpaired) electrons. The average Bonchev–Trinajstić information content (AvgIpc) is 2.42. The van der Waals surface area contributed by atoms with Crippen LogP contribution in [0, 0.1) is 5.92 Å². The van der Waals surface area contributed by atoms with Crippen molar-refractivity contribution in [3.63, 3.8) is 0 Å². The van der Waals surface area contributed by atoms with Crippen LogP contribution in [-0.4, -0.2) is 12.7 Å². The fourth-order valence-corrected chi connectivity index (χ4v) is 2.21. The third-order valence-electron chi connectivity index (χ3n) is 3.67. The Morgan fingerprint density at radius 1 is 0.895 bits per heavy atom. The van der Waals surface area contributed by atoms with Crippen molar-refractivity contribution in [3.8, 4) is 0 Å². The molecule has 1 atom stereocenters. The molecule has 1 heteroatoms. The Kier molecular flexibility index (Phi) is 13.5. The highest BCUT2D eigenvalue weighted by Gasteiger charge is 2.04. The molecule has 0 aromatic rings. The third-order valence-corrected chi connectivity index (χ3v) is 3.67. The lowest BCUT2D eigenvalue weighted by molar-refractivity contribution is 0.0542. The Morgan fingerprint density at radius 3 is 2.05 bits per heavy atom. The lowest BCUT2D eigenvalue weighted by Crippen LogP contribution is -2.10. The molecule has 0 N–H and O–H groups in total. The van der Waals surface area contributed by atoms with E-state index >= 15 is 0 Å². The third kappa shape index (κ3) is 12.2. The SMILES string of the molecule is C=CC(C=C)CCOC(C)CCCCCCCCC. The van der Waals surface area contributed by atoms with E-state index in [1.807, 2.05) is 12.2 Å². The van der Waals surface area contributed by atoms with E-state index in [0.717, 1.165) is 13.0 Å². The molecule has 0 aromatic carbocycles. The van der Waals surface area contributed by atoms with Gasteiger partial charge in [0.2, 0.25) is 0 Å². The first-order valence-electron chi connectivity index (χ1n) is 8.11. The van der Waals surface area contributed by atoms with E-state index in [4.69, 9.17) is 4.74 Å². The number of allylic oxidation sites excluding steroid dienone is 2. The van der Waals surface area contributed by atoms with Gasteiger partial charge < -0.3 is 4.74 Å². The minimum absolute atomic E-state index is 0.394. The fourth-order valence-electron chi connectivity index (χ4n) is 2.21. The molecule has 0 heterocycles. The minimum atomic E-state index is 0.394. The predicted molar refractivity (Wildman–Crippen MR) is 86.5 cm³/mol. The van der Waals surface area contributed by atoms with Gasteiger partial charge in [0.05, 0.1) is 6.10 Å². The van der Waals surface area contributed by atoms with Crippen LogP contribution in [0.5, 0.6) is 0 Å². The van der Waals surface area contributed by atoms with Gasteiger partial charge in [0.15, 0.2) is 0 Å². The maximum atomic E-state index is 5.83. The van der Waals surface area contributed by atoms with E-state index in [-0.39, 0.29) is 0 Å². The molecular formula is C18H34O. The van der Waals surface area contributed by atoms with Crippen LogP contribution >= 0.6 is 0 Å². The smallest absolute Gasteiger partial charge is 0.0547 e. The lowest BCUT2D eigenvalue weighted by Gasteiger charge is -2.14. The van der Waals surface area contributed by atoms with Crippen LogP contribution in [0.2, 0.25) is 0 Å². The molecule has 0 fully saturated rings. The molecule has 1 nitrogen and oxygen atoms in total. The minimum Gasteiger partial charge on any atom is -0.378 e. The second-order valence-corrected chi connectivity index (χ2v) is 5.52. The van der Waals surface area contributed by atoms with Crippen molar-refractivity contribution in [1.82, 2.24) is 0 Å². The number of ether oxygens (including phenoxy) is 1.